The number of rotatable bonds is 4. The summed E-state index contributed by atoms with van der Waals surface area (Å²) in [5.74, 6) is -0.851. The van der Waals surface area contributed by atoms with Crippen LogP contribution in [0.5, 0.6) is 0 Å². The van der Waals surface area contributed by atoms with Crippen LogP contribution in [0.25, 0.3) is 0 Å². The number of likely N-dealkylation sites (tertiary alicyclic amines) is 1. The quantitative estimate of drug-likeness (QED) is 0.434. The van der Waals surface area contributed by atoms with Crippen molar-refractivity contribution in [2.75, 3.05) is 13.2 Å². The molecule has 5 nitrogen and oxygen atoms in total. The second kappa shape index (κ2) is 5.15. The Morgan fingerprint density at radius 1 is 1.32 bits per heavy atom. The molecule has 0 aromatic rings. The minimum Gasteiger partial charge on any atom is -0.463 e. The number of ether oxygens (including phenoxy) is 1. The zero-order valence-corrected chi connectivity index (χ0v) is 11.3. The lowest BCUT2D eigenvalue weighted by Gasteiger charge is -2.17. The molecule has 104 valence electrons. The molecule has 1 saturated heterocycles. The van der Waals surface area contributed by atoms with Crippen molar-refractivity contribution in [1.82, 2.24) is 4.90 Å². The van der Waals surface area contributed by atoms with Crippen LogP contribution in [-0.4, -0.2) is 35.8 Å². The van der Waals surface area contributed by atoms with Gasteiger partial charge in [-0.05, 0) is 25.7 Å². The number of carbonyl (C=O) groups excluding carboxylic acids is 3. The van der Waals surface area contributed by atoms with Crippen molar-refractivity contribution in [1.29, 1.82) is 0 Å². The molecule has 0 aromatic heterocycles. The molecule has 2 amide bonds. The van der Waals surface area contributed by atoms with E-state index in [4.69, 9.17) is 4.74 Å². The van der Waals surface area contributed by atoms with Gasteiger partial charge in [-0.25, -0.2) is 4.79 Å². The third-order valence-electron chi connectivity index (χ3n) is 3.88. The first-order valence-electron chi connectivity index (χ1n) is 6.65. The van der Waals surface area contributed by atoms with Crippen molar-refractivity contribution in [3.63, 3.8) is 0 Å². The van der Waals surface area contributed by atoms with Gasteiger partial charge in [0.15, 0.2) is 0 Å². The Morgan fingerprint density at radius 3 is 2.32 bits per heavy atom. The average Bonchev–Trinajstić information content (AvgIpc) is 2.83. The van der Waals surface area contributed by atoms with Crippen molar-refractivity contribution in [2.24, 2.45) is 17.8 Å². The highest BCUT2D eigenvalue weighted by molar-refractivity contribution is 6.06. The molecule has 1 heterocycles. The first-order valence-corrected chi connectivity index (χ1v) is 6.65. The first-order chi connectivity index (χ1) is 8.95. The SMILES string of the molecule is C=C(CN1C(=O)C2CC(C)CC2C1=O)C(=O)OCC. The summed E-state index contributed by atoms with van der Waals surface area (Å²) in [4.78, 5) is 37.0. The second-order valence-electron chi connectivity index (χ2n) is 5.38. The summed E-state index contributed by atoms with van der Waals surface area (Å²) in [5.41, 5.74) is 0.150. The number of esters is 1. The topological polar surface area (TPSA) is 63.7 Å². The van der Waals surface area contributed by atoms with Gasteiger partial charge in [-0.2, -0.15) is 0 Å². The van der Waals surface area contributed by atoms with E-state index in [0.717, 1.165) is 12.8 Å². The van der Waals surface area contributed by atoms with Crippen LogP contribution < -0.4 is 0 Å². The maximum absolute atomic E-state index is 12.2. The Morgan fingerprint density at radius 2 is 1.84 bits per heavy atom. The third kappa shape index (κ3) is 2.41. The van der Waals surface area contributed by atoms with Crippen LogP contribution in [0, 0.1) is 17.8 Å². The summed E-state index contributed by atoms with van der Waals surface area (Å²) in [7, 11) is 0. The lowest BCUT2D eigenvalue weighted by atomic mass is 10.00. The van der Waals surface area contributed by atoms with Gasteiger partial charge in [-0.3, -0.25) is 14.5 Å². The Kier molecular flexibility index (Phi) is 3.73. The highest BCUT2D eigenvalue weighted by Crippen LogP contribution is 2.42. The summed E-state index contributed by atoms with van der Waals surface area (Å²) in [5, 5.41) is 0. The summed E-state index contributed by atoms with van der Waals surface area (Å²) in [6.07, 6.45) is 1.52. The minimum absolute atomic E-state index is 0.0438. The Hall–Kier alpha value is -1.65. The predicted octanol–water partition coefficient (Wildman–Crippen LogP) is 1.14. The molecule has 2 unspecified atom stereocenters. The van der Waals surface area contributed by atoms with E-state index in [0.29, 0.717) is 5.92 Å². The van der Waals surface area contributed by atoms with E-state index in [1.165, 1.54) is 4.90 Å². The second-order valence-corrected chi connectivity index (χ2v) is 5.38. The summed E-state index contributed by atoms with van der Waals surface area (Å²) < 4.78 is 4.81. The van der Waals surface area contributed by atoms with Gasteiger partial charge < -0.3 is 4.74 Å². The van der Waals surface area contributed by atoms with Crippen LogP contribution >= 0.6 is 0 Å². The largest absolute Gasteiger partial charge is 0.463 e. The Bertz CT molecular complexity index is 419. The Balaban J connectivity index is 2.03. The van der Waals surface area contributed by atoms with Gasteiger partial charge in [-0.15, -0.1) is 0 Å². The molecule has 0 N–H and O–H groups in total. The molecule has 2 fully saturated rings. The predicted molar refractivity (Wildman–Crippen MR) is 67.9 cm³/mol. The number of hydrogen-bond acceptors (Lipinski definition) is 4. The van der Waals surface area contributed by atoms with Crippen LogP contribution in [0.15, 0.2) is 12.2 Å². The van der Waals surface area contributed by atoms with E-state index in [9.17, 15) is 14.4 Å². The zero-order chi connectivity index (χ0) is 14.2. The van der Waals surface area contributed by atoms with E-state index in [1.807, 2.05) is 0 Å². The average molecular weight is 265 g/mol. The molecule has 2 aliphatic rings. The van der Waals surface area contributed by atoms with Crippen molar-refractivity contribution in [3.05, 3.63) is 12.2 Å². The number of nitrogens with zero attached hydrogens (tertiary/aromatic N) is 1. The van der Waals surface area contributed by atoms with Gasteiger partial charge in [0, 0.05) is 5.57 Å². The van der Waals surface area contributed by atoms with E-state index < -0.39 is 5.97 Å². The number of hydrogen-bond donors (Lipinski definition) is 0. The Labute approximate surface area is 112 Å². The van der Waals surface area contributed by atoms with Crippen molar-refractivity contribution in [2.45, 2.75) is 26.7 Å². The molecule has 1 aliphatic carbocycles. The standard InChI is InChI=1S/C14H19NO4/c1-4-19-14(18)9(3)7-15-12(16)10-5-8(2)6-11(10)13(15)17/h8,10-11H,3-7H2,1-2H3. The minimum atomic E-state index is -0.548. The fraction of sp³-hybridized carbons (Fsp3) is 0.643. The van der Waals surface area contributed by atoms with E-state index in [2.05, 4.69) is 13.5 Å². The van der Waals surface area contributed by atoms with Crippen molar-refractivity contribution in [3.8, 4) is 0 Å². The van der Waals surface area contributed by atoms with Crippen LogP contribution in [0.2, 0.25) is 0 Å². The van der Waals surface area contributed by atoms with Gasteiger partial charge in [0.1, 0.15) is 0 Å². The lowest BCUT2D eigenvalue weighted by molar-refractivity contribution is -0.141. The van der Waals surface area contributed by atoms with E-state index in [-0.39, 0.29) is 42.4 Å². The van der Waals surface area contributed by atoms with Crippen LogP contribution in [0.3, 0.4) is 0 Å². The maximum atomic E-state index is 12.2. The van der Waals surface area contributed by atoms with Crippen molar-refractivity contribution >= 4 is 17.8 Å². The number of imide groups is 1. The monoisotopic (exact) mass is 265 g/mol. The first kappa shape index (κ1) is 13.8. The maximum Gasteiger partial charge on any atom is 0.335 e. The fourth-order valence-electron chi connectivity index (χ4n) is 2.99. The molecular weight excluding hydrogens is 246 g/mol. The van der Waals surface area contributed by atoms with Crippen LogP contribution in [-0.2, 0) is 19.1 Å². The fourth-order valence-corrected chi connectivity index (χ4v) is 2.99. The molecule has 0 spiro atoms. The molecule has 1 aliphatic heterocycles. The summed E-state index contributed by atoms with van der Waals surface area (Å²) >= 11 is 0. The molecule has 2 atom stereocenters. The lowest BCUT2D eigenvalue weighted by Crippen LogP contribution is -2.35. The molecule has 5 heteroatoms. The van der Waals surface area contributed by atoms with Gasteiger partial charge in [-0.1, -0.05) is 13.5 Å². The molecule has 19 heavy (non-hydrogen) atoms. The molecule has 2 rings (SSSR count). The normalized spacial score (nSPS) is 29.6. The molecule has 0 radical (unpaired) electrons. The van der Waals surface area contributed by atoms with Gasteiger partial charge >= 0.3 is 5.97 Å². The highest BCUT2D eigenvalue weighted by atomic mass is 16.5. The third-order valence-corrected chi connectivity index (χ3v) is 3.88. The van der Waals surface area contributed by atoms with Gasteiger partial charge in [0.25, 0.3) is 0 Å². The molecule has 1 saturated carbocycles. The van der Waals surface area contributed by atoms with Gasteiger partial charge in [0.05, 0.1) is 25.0 Å². The summed E-state index contributed by atoms with van der Waals surface area (Å²) in [6.45, 7) is 7.56. The molecule has 0 aromatic carbocycles. The zero-order valence-electron chi connectivity index (χ0n) is 11.3. The number of amides is 2. The van der Waals surface area contributed by atoms with Gasteiger partial charge in [0.2, 0.25) is 11.8 Å². The molecule has 0 bridgehead atoms. The highest BCUT2D eigenvalue weighted by Gasteiger charge is 2.51. The van der Waals surface area contributed by atoms with E-state index in [1.54, 1.807) is 6.92 Å². The van der Waals surface area contributed by atoms with Crippen LogP contribution in [0.1, 0.15) is 26.7 Å². The smallest absolute Gasteiger partial charge is 0.335 e. The molecular formula is C14H19NO4. The number of carbonyl (C=O) groups is 3. The van der Waals surface area contributed by atoms with Crippen LogP contribution in [0.4, 0.5) is 0 Å². The number of fused-ring (bicyclic) bond motifs is 1. The van der Waals surface area contributed by atoms with Crippen molar-refractivity contribution < 1.29 is 19.1 Å². The van der Waals surface area contributed by atoms with E-state index >= 15 is 0 Å². The summed E-state index contributed by atoms with van der Waals surface area (Å²) in [6, 6.07) is 0.